The molecule has 0 bridgehead atoms. The van der Waals surface area contributed by atoms with Gasteiger partial charge >= 0.3 is 0 Å². The van der Waals surface area contributed by atoms with E-state index < -0.39 is 7.92 Å². The number of halogens is 1. The average Bonchev–Trinajstić information content (AvgIpc) is 2.62. The lowest BCUT2D eigenvalue weighted by Gasteiger charge is -2.23. The van der Waals surface area contributed by atoms with Crippen molar-refractivity contribution in [2.24, 2.45) is 5.92 Å². The monoisotopic (exact) mass is 374 g/mol. The van der Waals surface area contributed by atoms with Gasteiger partial charge in [0.2, 0.25) is 0 Å². The van der Waals surface area contributed by atoms with Crippen molar-refractivity contribution in [2.45, 2.75) is 46.5 Å². The zero-order valence-electron chi connectivity index (χ0n) is 15.5. The van der Waals surface area contributed by atoms with E-state index >= 15 is 0 Å². The molecule has 0 N–H and O–H groups in total. The van der Waals surface area contributed by atoms with Crippen molar-refractivity contribution in [2.75, 3.05) is 6.16 Å². The molecular weight excluding hydrogens is 347 g/mol. The summed E-state index contributed by atoms with van der Waals surface area (Å²) in [6.07, 6.45) is 5.72. The molecule has 0 aromatic heterocycles. The largest absolute Gasteiger partial charge is 0.289 e. The summed E-state index contributed by atoms with van der Waals surface area (Å²) in [5.41, 5.74) is 1.91. The molecule has 134 valence electrons. The number of unbranched alkanes of at least 4 members (excludes halogenated alkanes) is 1. The van der Waals surface area contributed by atoms with Gasteiger partial charge in [-0.1, -0.05) is 93.6 Å². The zero-order chi connectivity index (χ0) is 18.2. The molecule has 0 spiro atoms. The van der Waals surface area contributed by atoms with Crippen LogP contribution in [0.25, 0.3) is 0 Å². The number of hydrogen-bond donors (Lipinski definition) is 0. The number of carbonyl (C=O) groups excluding carboxylic acids is 1. The third-order valence-electron chi connectivity index (χ3n) is 4.73. The first kappa shape index (κ1) is 20.1. The van der Waals surface area contributed by atoms with Gasteiger partial charge in [0.1, 0.15) is 0 Å². The molecular formula is C22H28ClOP. The van der Waals surface area contributed by atoms with Crippen molar-refractivity contribution in [3.8, 4) is 0 Å². The number of benzene rings is 2. The van der Waals surface area contributed by atoms with Crippen LogP contribution >= 0.6 is 19.5 Å². The first-order chi connectivity index (χ1) is 12.1. The molecule has 2 aromatic rings. The normalized spacial score (nSPS) is 13.4. The quantitative estimate of drug-likeness (QED) is 0.440. The van der Waals surface area contributed by atoms with Crippen molar-refractivity contribution in [1.29, 1.82) is 0 Å². The van der Waals surface area contributed by atoms with Crippen LogP contribution in [0.4, 0.5) is 0 Å². The molecule has 2 aromatic carbocycles. The van der Waals surface area contributed by atoms with Crippen molar-refractivity contribution in [3.63, 3.8) is 0 Å². The second kappa shape index (κ2) is 10.1. The zero-order valence-corrected chi connectivity index (χ0v) is 17.1. The van der Waals surface area contributed by atoms with Gasteiger partial charge < -0.3 is 0 Å². The summed E-state index contributed by atoms with van der Waals surface area (Å²) in [4.78, 5) is 13.5. The first-order valence-corrected chi connectivity index (χ1v) is 11.1. The Hall–Kier alpha value is -1.17. The highest BCUT2D eigenvalue weighted by Gasteiger charge is 2.27. The summed E-state index contributed by atoms with van der Waals surface area (Å²) in [6, 6.07) is 16.0. The van der Waals surface area contributed by atoms with E-state index in [1.165, 1.54) is 19.3 Å². The Morgan fingerprint density at radius 3 is 2.40 bits per heavy atom. The van der Waals surface area contributed by atoms with E-state index in [0.717, 1.165) is 23.5 Å². The van der Waals surface area contributed by atoms with Crippen molar-refractivity contribution >= 4 is 30.4 Å². The van der Waals surface area contributed by atoms with Crippen LogP contribution in [-0.4, -0.2) is 11.7 Å². The van der Waals surface area contributed by atoms with Crippen molar-refractivity contribution < 1.29 is 4.79 Å². The predicted octanol–water partition coefficient (Wildman–Crippen LogP) is 6.81. The van der Waals surface area contributed by atoms with Gasteiger partial charge in [-0.25, -0.2) is 0 Å². The van der Waals surface area contributed by atoms with Gasteiger partial charge in [0.15, 0.2) is 5.52 Å². The van der Waals surface area contributed by atoms with Gasteiger partial charge in [0.25, 0.3) is 0 Å². The molecule has 2 atom stereocenters. The fourth-order valence-corrected chi connectivity index (χ4v) is 6.17. The molecule has 25 heavy (non-hydrogen) atoms. The van der Waals surface area contributed by atoms with Crippen LogP contribution in [0.3, 0.4) is 0 Å². The molecule has 0 amide bonds. The lowest BCUT2D eigenvalue weighted by molar-refractivity contribution is 0.108. The molecule has 0 aliphatic carbocycles. The summed E-state index contributed by atoms with van der Waals surface area (Å²) < 4.78 is 0. The van der Waals surface area contributed by atoms with Gasteiger partial charge in [-0.2, -0.15) is 0 Å². The number of aryl methyl sites for hydroxylation is 1. The van der Waals surface area contributed by atoms with E-state index in [1.54, 1.807) is 0 Å². The SMILES string of the molecule is CCCCC(CC)CP(C(=O)c1c(C)cccc1Cl)c1ccccc1. The van der Waals surface area contributed by atoms with Crippen molar-refractivity contribution in [1.82, 2.24) is 0 Å². The molecule has 0 radical (unpaired) electrons. The van der Waals surface area contributed by atoms with Gasteiger partial charge in [0, 0.05) is 13.5 Å². The highest BCUT2D eigenvalue weighted by atomic mass is 35.5. The lowest BCUT2D eigenvalue weighted by Crippen LogP contribution is -2.17. The van der Waals surface area contributed by atoms with E-state index in [0.29, 0.717) is 16.5 Å². The minimum atomic E-state index is -0.911. The van der Waals surface area contributed by atoms with Crippen LogP contribution in [0.2, 0.25) is 5.02 Å². The summed E-state index contributed by atoms with van der Waals surface area (Å²) in [5.74, 6) is 0.595. The van der Waals surface area contributed by atoms with E-state index in [-0.39, 0.29) is 5.52 Å². The van der Waals surface area contributed by atoms with Crippen LogP contribution in [0, 0.1) is 12.8 Å². The molecule has 0 aliphatic heterocycles. The Kier molecular flexibility index (Phi) is 8.13. The second-order valence-corrected chi connectivity index (χ2v) is 9.15. The standard InChI is InChI=1S/C22H28ClOP/c1-4-6-12-18(5-2)16-25(19-13-8-7-9-14-19)22(24)21-17(3)11-10-15-20(21)23/h7-11,13-15,18H,4-6,12,16H2,1-3H3. The average molecular weight is 375 g/mol. The van der Waals surface area contributed by atoms with E-state index in [9.17, 15) is 4.79 Å². The minimum Gasteiger partial charge on any atom is -0.289 e. The van der Waals surface area contributed by atoms with Gasteiger partial charge in [-0.05, 0) is 35.9 Å². The maximum Gasteiger partial charge on any atom is 0.190 e. The lowest BCUT2D eigenvalue weighted by atomic mass is 10.0. The van der Waals surface area contributed by atoms with E-state index in [2.05, 4.69) is 26.0 Å². The van der Waals surface area contributed by atoms with Gasteiger partial charge in [-0.3, -0.25) is 4.79 Å². The maximum atomic E-state index is 13.5. The molecule has 3 heteroatoms. The second-order valence-electron chi connectivity index (χ2n) is 6.60. The Morgan fingerprint density at radius 2 is 1.80 bits per heavy atom. The molecule has 0 saturated carbocycles. The van der Waals surface area contributed by atoms with Crippen molar-refractivity contribution in [3.05, 3.63) is 64.7 Å². The highest BCUT2D eigenvalue weighted by Crippen LogP contribution is 2.44. The van der Waals surface area contributed by atoms with Gasteiger partial charge in [-0.15, -0.1) is 0 Å². The Bertz CT molecular complexity index is 663. The molecule has 2 unspecified atom stereocenters. The van der Waals surface area contributed by atoms with Crippen LogP contribution in [0.15, 0.2) is 48.5 Å². The molecule has 0 fully saturated rings. The van der Waals surface area contributed by atoms with Crippen LogP contribution < -0.4 is 5.30 Å². The fraction of sp³-hybridized carbons (Fsp3) is 0.409. The first-order valence-electron chi connectivity index (χ1n) is 9.20. The topological polar surface area (TPSA) is 17.1 Å². The minimum absolute atomic E-state index is 0.222. The highest BCUT2D eigenvalue weighted by molar-refractivity contribution is 7.82. The Balaban J connectivity index is 2.36. The summed E-state index contributed by atoms with van der Waals surface area (Å²) in [7, 11) is -0.911. The predicted molar refractivity (Wildman–Crippen MR) is 112 cm³/mol. The Labute approximate surface area is 158 Å². The number of carbonyl (C=O) groups is 1. The van der Waals surface area contributed by atoms with E-state index in [1.807, 2.05) is 43.3 Å². The fourth-order valence-electron chi connectivity index (χ4n) is 3.13. The third-order valence-corrected chi connectivity index (χ3v) is 7.56. The molecule has 1 nitrogen and oxygen atoms in total. The Morgan fingerprint density at radius 1 is 1.08 bits per heavy atom. The van der Waals surface area contributed by atoms with Gasteiger partial charge in [0.05, 0.1) is 5.02 Å². The van der Waals surface area contributed by atoms with Crippen LogP contribution in [0.5, 0.6) is 0 Å². The summed E-state index contributed by atoms with van der Waals surface area (Å²) >= 11 is 6.40. The summed E-state index contributed by atoms with van der Waals surface area (Å²) in [5, 5.41) is 1.74. The molecule has 0 saturated heterocycles. The van der Waals surface area contributed by atoms with E-state index in [4.69, 9.17) is 11.6 Å². The van der Waals surface area contributed by atoms with Crippen LogP contribution in [-0.2, 0) is 0 Å². The molecule has 0 aliphatic rings. The number of hydrogen-bond acceptors (Lipinski definition) is 1. The third kappa shape index (κ3) is 5.40. The maximum absolute atomic E-state index is 13.5. The van der Waals surface area contributed by atoms with Crippen LogP contribution in [0.1, 0.15) is 55.5 Å². The molecule has 2 rings (SSSR count). The molecule has 0 heterocycles. The smallest absolute Gasteiger partial charge is 0.190 e. The summed E-state index contributed by atoms with van der Waals surface area (Å²) in [6.45, 7) is 6.45. The number of rotatable bonds is 9.